The van der Waals surface area contributed by atoms with Crippen LogP contribution in [0.15, 0.2) is 48.5 Å². The van der Waals surface area contributed by atoms with Crippen LogP contribution >= 0.6 is 0 Å². The van der Waals surface area contributed by atoms with Crippen LogP contribution in [-0.4, -0.2) is 16.5 Å². The van der Waals surface area contributed by atoms with Gasteiger partial charge in [0.15, 0.2) is 11.6 Å². The second kappa shape index (κ2) is 7.82. The van der Waals surface area contributed by atoms with Crippen molar-refractivity contribution in [1.29, 1.82) is 0 Å². The molecular weight excluding hydrogens is 353 g/mol. The Morgan fingerprint density at radius 1 is 0.926 bits per heavy atom. The fourth-order valence-corrected chi connectivity index (χ4v) is 2.60. The summed E-state index contributed by atoms with van der Waals surface area (Å²) < 4.78 is 38.9. The van der Waals surface area contributed by atoms with E-state index in [-0.39, 0.29) is 0 Å². The van der Waals surface area contributed by atoms with E-state index in [9.17, 15) is 13.2 Å². The van der Waals surface area contributed by atoms with E-state index in [1.54, 1.807) is 6.07 Å². The third-order valence-electron chi connectivity index (χ3n) is 4.04. The van der Waals surface area contributed by atoms with Gasteiger partial charge in [0, 0.05) is 12.2 Å². The number of nitrogens with zero attached hydrogens (tertiary/aromatic N) is 2. The van der Waals surface area contributed by atoms with Crippen molar-refractivity contribution in [3.05, 3.63) is 54.1 Å². The van der Waals surface area contributed by atoms with E-state index in [1.165, 1.54) is 6.07 Å². The molecule has 0 spiro atoms. The monoisotopic (exact) mass is 374 g/mol. The molecule has 0 aliphatic carbocycles. The zero-order valence-corrected chi connectivity index (χ0v) is 15.1. The average Bonchev–Trinajstić information content (AvgIpc) is 2.61. The lowest BCUT2D eigenvalue weighted by molar-refractivity contribution is -0.137. The van der Waals surface area contributed by atoms with Crippen LogP contribution in [0.2, 0.25) is 0 Å². The maximum Gasteiger partial charge on any atom is 0.416 e. The molecule has 0 bridgehead atoms. The highest BCUT2D eigenvalue weighted by molar-refractivity contribution is 5.81. The van der Waals surface area contributed by atoms with Crippen LogP contribution in [0, 0.1) is 5.92 Å². The smallest absolute Gasteiger partial charge is 0.367 e. The van der Waals surface area contributed by atoms with Gasteiger partial charge in [-0.05, 0) is 42.7 Å². The van der Waals surface area contributed by atoms with Crippen LogP contribution in [0.25, 0.3) is 11.0 Å². The molecule has 3 aromatic rings. The first-order valence-corrected chi connectivity index (χ1v) is 8.78. The summed E-state index contributed by atoms with van der Waals surface area (Å²) in [7, 11) is 0. The molecule has 0 fully saturated rings. The van der Waals surface area contributed by atoms with Crippen LogP contribution < -0.4 is 10.6 Å². The Kier molecular flexibility index (Phi) is 5.48. The summed E-state index contributed by atoms with van der Waals surface area (Å²) in [6.07, 6.45) is -3.46. The number of para-hydroxylation sites is 2. The van der Waals surface area contributed by atoms with Gasteiger partial charge in [-0.1, -0.05) is 32.0 Å². The number of hydrogen-bond donors (Lipinski definition) is 2. The highest BCUT2D eigenvalue weighted by Crippen LogP contribution is 2.32. The van der Waals surface area contributed by atoms with E-state index in [4.69, 9.17) is 0 Å². The van der Waals surface area contributed by atoms with Gasteiger partial charge in [-0.2, -0.15) is 13.2 Å². The molecule has 2 N–H and O–H groups in total. The summed E-state index contributed by atoms with van der Waals surface area (Å²) in [5.41, 5.74) is 0.984. The Bertz CT molecular complexity index is 922. The molecule has 2 aromatic carbocycles. The summed E-state index contributed by atoms with van der Waals surface area (Å²) in [5.74, 6) is 1.44. The van der Waals surface area contributed by atoms with Gasteiger partial charge in [-0.15, -0.1) is 0 Å². The molecule has 0 saturated carbocycles. The molecule has 7 heteroatoms. The lowest BCUT2D eigenvalue weighted by Gasteiger charge is -2.15. The van der Waals surface area contributed by atoms with Crippen molar-refractivity contribution in [1.82, 2.24) is 9.97 Å². The Labute approximate surface area is 155 Å². The van der Waals surface area contributed by atoms with Crippen molar-refractivity contribution in [3.63, 3.8) is 0 Å². The van der Waals surface area contributed by atoms with Gasteiger partial charge in [-0.3, -0.25) is 0 Å². The minimum Gasteiger partial charge on any atom is -0.367 e. The molecule has 1 aromatic heterocycles. The lowest BCUT2D eigenvalue weighted by Crippen LogP contribution is -2.10. The van der Waals surface area contributed by atoms with Gasteiger partial charge in [0.1, 0.15) is 0 Å². The third kappa shape index (κ3) is 4.87. The molecule has 0 amide bonds. The molecule has 3 rings (SSSR count). The normalized spacial score (nSPS) is 11.8. The Hall–Kier alpha value is -2.83. The van der Waals surface area contributed by atoms with Crippen molar-refractivity contribution >= 4 is 28.4 Å². The summed E-state index contributed by atoms with van der Waals surface area (Å²) in [5, 5.41) is 6.22. The van der Waals surface area contributed by atoms with Gasteiger partial charge in [0.05, 0.1) is 16.6 Å². The van der Waals surface area contributed by atoms with Crippen molar-refractivity contribution in [2.75, 3.05) is 17.2 Å². The highest BCUT2D eigenvalue weighted by atomic mass is 19.4. The fourth-order valence-electron chi connectivity index (χ4n) is 2.60. The molecule has 0 aliphatic rings. The van der Waals surface area contributed by atoms with Gasteiger partial charge in [0.25, 0.3) is 0 Å². The van der Waals surface area contributed by atoms with E-state index in [2.05, 4.69) is 34.4 Å². The van der Waals surface area contributed by atoms with E-state index in [0.29, 0.717) is 35.3 Å². The predicted molar refractivity (Wildman–Crippen MR) is 102 cm³/mol. The van der Waals surface area contributed by atoms with Crippen molar-refractivity contribution in [3.8, 4) is 0 Å². The zero-order chi connectivity index (χ0) is 19.4. The van der Waals surface area contributed by atoms with Gasteiger partial charge < -0.3 is 10.6 Å². The molecule has 0 aliphatic heterocycles. The number of rotatable bonds is 6. The molecule has 0 unspecified atom stereocenters. The summed E-state index contributed by atoms with van der Waals surface area (Å²) in [4.78, 5) is 9.12. The first-order valence-electron chi connectivity index (χ1n) is 8.78. The number of anilines is 3. The van der Waals surface area contributed by atoms with Crippen molar-refractivity contribution < 1.29 is 13.2 Å². The van der Waals surface area contributed by atoms with Crippen molar-refractivity contribution in [2.45, 2.75) is 26.4 Å². The van der Waals surface area contributed by atoms with Crippen LogP contribution in [0.4, 0.5) is 30.5 Å². The Morgan fingerprint density at radius 2 is 1.59 bits per heavy atom. The molecule has 142 valence electrons. The minimum atomic E-state index is -4.40. The van der Waals surface area contributed by atoms with E-state index >= 15 is 0 Å². The molecule has 0 atom stereocenters. The number of fused-ring (bicyclic) bond motifs is 1. The van der Waals surface area contributed by atoms with Crippen molar-refractivity contribution in [2.24, 2.45) is 5.92 Å². The molecule has 1 heterocycles. The maximum absolute atomic E-state index is 13.0. The lowest BCUT2D eigenvalue weighted by atomic mass is 10.1. The molecule has 4 nitrogen and oxygen atoms in total. The number of hydrogen-bond acceptors (Lipinski definition) is 4. The highest BCUT2D eigenvalue weighted by Gasteiger charge is 2.30. The number of nitrogens with one attached hydrogen (secondary N) is 2. The predicted octanol–water partition coefficient (Wildman–Crippen LogP) is 5.85. The number of halogens is 3. The average molecular weight is 374 g/mol. The van der Waals surface area contributed by atoms with E-state index in [0.717, 1.165) is 24.1 Å². The van der Waals surface area contributed by atoms with Crippen LogP contribution in [0.1, 0.15) is 25.8 Å². The zero-order valence-electron chi connectivity index (χ0n) is 15.1. The van der Waals surface area contributed by atoms with Gasteiger partial charge in [-0.25, -0.2) is 9.97 Å². The van der Waals surface area contributed by atoms with E-state index < -0.39 is 11.7 Å². The third-order valence-corrected chi connectivity index (χ3v) is 4.04. The standard InChI is InChI=1S/C20H21F3N4/c1-13(2)10-11-24-18-19(27-17-9-4-3-8-16(17)26-18)25-15-7-5-6-14(12-15)20(21,22)23/h3-9,12-13H,10-11H2,1-2H3,(H,24,26)(H,25,27). The Balaban J connectivity index is 1.94. The molecular formula is C20H21F3N4. The summed E-state index contributed by atoms with van der Waals surface area (Å²) in [6.45, 7) is 4.94. The maximum atomic E-state index is 13.0. The first kappa shape index (κ1) is 18.9. The van der Waals surface area contributed by atoms with E-state index in [1.807, 2.05) is 24.3 Å². The topological polar surface area (TPSA) is 49.8 Å². The number of alkyl halides is 3. The van der Waals surface area contributed by atoms with Crippen LogP contribution in [0.5, 0.6) is 0 Å². The Morgan fingerprint density at radius 3 is 2.22 bits per heavy atom. The fraction of sp³-hybridized carbons (Fsp3) is 0.300. The summed E-state index contributed by atoms with van der Waals surface area (Å²) in [6, 6.07) is 12.4. The first-order chi connectivity index (χ1) is 12.8. The second-order valence-corrected chi connectivity index (χ2v) is 6.72. The molecule has 0 saturated heterocycles. The molecule has 27 heavy (non-hydrogen) atoms. The second-order valence-electron chi connectivity index (χ2n) is 6.72. The van der Waals surface area contributed by atoms with Gasteiger partial charge >= 0.3 is 6.18 Å². The largest absolute Gasteiger partial charge is 0.416 e. The number of benzene rings is 2. The van der Waals surface area contributed by atoms with Gasteiger partial charge in [0.2, 0.25) is 0 Å². The minimum absolute atomic E-state index is 0.307. The molecule has 0 radical (unpaired) electrons. The SMILES string of the molecule is CC(C)CCNc1nc2ccccc2nc1Nc1cccc(C(F)(F)F)c1. The quantitative estimate of drug-likeness (QED) is 0.568. The summed E-state index contributed by atoms with van der Waals surface area (Å²) >= 11 is 0. The number of aromatic nitrogens is 2. The van der Waals surface area contributed by atoms with Crippen LogP contribution in [-0.2, 0) is 6.18 Å². The van der Waals surface area contributed by atoms with Crippen LogP contribution in [0.3, 0.4) is 0 Å².